The number of allylic oxidation sites excluding steroid dienone is 2. The highest BCUT2D eigenvalue weighted by molar-refractivity contribution is 5.94. The van der Waals surface area contributed by atoms with Crippen LogP contribution < -0.4 is 0 Å². The van der Waals surface area contributed by atoms with Crippen LogP contribution >= 0.6 is 0 Å². The van der Waals surface area contributed by atoms with E-state index in [0.717, 1.165) is 58.7 Å². The fourth-order valence-corrected chi connectivity index (χ4v) is 3.83. The van der Waals surface area contributed by atoms with Crippen molar-refractivity contribution in [1.82, 2.24) is 15.1 Å². The Balaban J connectivity index is 1.96. The summed E-state index contributed by atoms with van der Waals surface area (Å²) in [6.45, 7) is 8.42. The van der Waals surface area contributed by atoms with Crippen molar-refractivity contribution in [2.75, 3.05) is 0 Å². The first-order chi connectivity index (χ1) is 12.6. The average Bonchev–Trinajstić information content (AvgIpc) is 3.30. The van der Waals surface area contributed by atoms with Gasteiger partial charge in [0.1, 0.15) is 11.6 Å². The second kappa shape index (κ2) is 6.75. The van der Waals surface area contributed by atoms with Gasteiger partial charge in [0.15, 0.2) is 0 Å². The van der Waals surface area contributed by atoms with E-state index in [-0.39, 0.29) is 0 Å². The van der Waals surface area contributed by atoms with Gasteiger partial charge in [0.25, 0.3) is 0 Å². The Morgan fingerprint density at radius 1 is 1.27 bits per heavy atom. The van der Waals surface area contributed by atoms with Crippen molar-refractivity contribution in [3.8, 4) is 11.1 Å². The van der Waals surface area contributed by atoms with E-state index < -0.39 is 0 Å². The van der Waals surface area contributed by atoms with Crippen LogP contribution in [0.1, 0.15) is 74.7 Å². The lowest BCUT2D eigenvalue weighted by molar-refractivity contribution is 0.393. The van der Waals surface area contributed by atoms with Gasteiger partial charge in [-0.1, -0.05) is 31.5 Å². The third-order valence-corrected chi connectivity index (χ3v) is 5.21. The van der Waals surface area contributed by atoms with E-state index in [9.17, 15) is 0 Å². The topological polar surface area (TPSA) is 54.7 Å². The summed E-state index contributed by atoms with van der Waals surface area (Å²) in [4.78, 5) is 8.58. The molecular weight excluding hydrogens is 322 g/mol. The molecule has 0 unspecified atom stereocenters. The van der Waals surface area contributed by atoms with Gasteiger partial charge in [-0.3, -0.25) is 0 Å². The van der Waals surface area contributed by atoms with Crippen molar-refractivity contribution >= 4 is 16.6 Å². The zero-order chi connectivity index (χ0) is 18.3. The maximum absolute atomic E-state index is 5.42. The third kappa shape index (κ3) is 2.98. The van der Waals surface area contributed by atoms with E-state index >= 15 is 0 Å². The summed E-state index contributed by atoms with van der Waals surface area (Å²) in [6.07, 6.45) is 8.08. The fraction of sp³-hybridized carbons (Fsp3) is 0.455. The number of benzene rings is 1. The van der Waals surface area contributed by atoms with Crippen LogP contribution in [-0.2, 0) is 0 Å². The van der Waals surface area contributed by atoms with Crippen molar-refractivity contribution in [3.63, 3.8) is 0 Å². The predicted octanol–water partition coefficient (Wildman–Crippen LogP) is 6.31. The second-order valence-corrected chi connectivity index (χ2v) is 7.40. The van der Waals surface area contributed by atoms with E-state index in [1.807, 2.05) is 13.8 Å². The monoisotopic (exact) mass is 349 g/mol. The summed E-state index contributed by atoms with van der Waals surface area (Å²) in [5, 5.41) is 4.15. The van der Waals surface area contributed by atoms with Gasteiger partial charge < -0.3 is 9.51 Å². The molecule has 2 heterocycles. The molecule has 1 aromatic carbocycles. The average molecular weight is 349 g/mol. The molecule has 1 aliphatic carbocycles. The number of H-pyrrole nitrogens is 1. The number of aromatic nitrogens is 3. The maximum Gasteiger partial charge on any atom is 0.141 e. The number of fused-ring (bicyclic) bond motifs is 1. The van der Waals surface area contributed by atoms with Crippen LogP contribution in [0.15, 0.2) is 22.7 Å². The number of nitrogens with one attached hydrogen (secondary N) is 1. The zero-order valence-electron chi connectivity index (χ0n) is 16.1. The number of hydrogen-bond donors (Lipinski definition) is 1. The fourth-order valence-electron chi connectivity index (χ4n) is 3.83. The summed E-state index contributed by atoms with van der Waals surface area (Å²) in [5.74, 6) is 2.62. The van der Waals surface area contributed by atoms with Crippen LogP contribution in [0.3, 0.4) is 0 Å². The first-order valence-electron chi connectivity index (χ1n) is 9.78. The first kappa shape index (κ1) is 17.1. The van der Waals surface area contributed by atoms with Crippen LogP contribution in [0.2, 0.25) is 0 Å². The zero-order valence-corrected chi connectivity index (χ0v) is 16.1. The number of imidazole rings is 1. The van der Waals surface area contributed by atoms with Crippen molar-refractivity contribution in [3.05, 3.63) is 41.1 Å². The van der Waals surface area contributed by atoms with Gasteiger partial charge in [-0.05, 0) is 62.8 Å². The molecule has 0 atom stereocenters. The highest BCUT2D eigenvalue weighted by Gasteiger charge is 2.28. The van der Waals surface area contributed by atoms with Crippen LogP contribution in [-0.4, -0.2) is 15.1 Å². The molecule has 4 nitrogen and oxygen atoms in total. The first-order valence-corrected chi connectivity index (χ1v) is 9.78. The molecule has 3 aromatic rings. The largest absolute Gasteiger partial charge is 0.361 e. The lowest BCUT2D eigenvalue weighted by Crippen LogP contribution is -1.91. The molecule has 0 spiro atoms. The molecule has 0 aliphatic heterocycles. The van der Waals surface area contributed by atoms with E-state index in [0.29, 0.717) is 5.92 Å². The minimum atomic E-state index is 0.613. The predicted molar refractivity (Wildman–Crippen MR) is 106 cm³/mol. The second-order valence-electron chi connectivity index (χ2n) is 7.40. The van der Waals surface area contributed by atoms with E-state index in [2.05, 4.69) is 42.2 Å². The Bertz CT molecular complexity index is 953. The number of rotatable bonds is 6. The summed E-state index contributed by atoms with van der Waals surface area (Å²) < 4.78 is 5.42. The Morgan fingerprint density at radius 3 is 2.69 bits per heavy atom. The van der Waals surface area contributed by atoms with Gasteiger partial charge in [-0.2, -0.15) is 0 Å². The van der Waals surface area contributed by atoms with Gasteiger partial charge in [-0.25, -0.2) is 4.98 Å². The van der Waals surface area contributed by atoms with Gasteiger partial charge >= 0.3 is 0 Å². The molecule has 1 saturated carbocycles. The Hall–Kier alpha value is -2.36. The SMILES string of the molecule is CCC=C(CCC)c1cc(-c2c(C)noc2C)cc2[nH]c(C3CC3)nc12. The minimum Gasteiger partial charge on any atom is -0.361 e. The van der Waals surface area contributed by atoms with Gasteiger partial charge in [-0.15, -0.1) is 0 Å². The normalized spacial score (nSPS) is 15.2. The van der Waals surface area contributed by atoms with Crippen molar-refractivity contribution < 1.29 is 4.52 Å². The van der Waals surface area contributed by atoms with Gasteiger partial charge in [0.05, 0.1) is 16.7 Å². The Kier molecular flexibility index (Phi) is 4.43. The van der Waals surface area contributed by atoms with Crippen molar-refractivity contribution in [2.45, 2.75) is 65.7 Å². The highest BCUT2D eigenvalue weighted by atomic mass is 16.5. The highest BCUT2D eigenvalue weighted by Crippen LogP contribution is 2.41. The van der Waals surface area contributed by atoms with Crippen LogP contribution in [0.4, 0.5) is 0 Å². The molecule has 0 saturated heterocycles. The van der Waals surface area contributed by atoms with E-state index in [4.69, 9.17) is 9.51 Å². The Morgan fingerprint density at radius 2 is 2.08 bits per heavy atom. The molecule has 0 amide bonds. The molecule has 0 radical (unpaired) electrons. The lowest BCUT2D eigenvalue weighted by atomic mass is 9.94. The van der Waals surface area contributed by atoms with Gasteiger partial charge in [0.2, 0.25) is 0 Å². The number of aromatic amines is 1. The lowest BCUT2D eigenvalue weighted by Gasteiger charge is -2.11. The quantitative estimate of drug-likeness (QED) is 0.567. The molecular formula is C22H27N3O. The third-order valence-electron chi connectivity index (χ3n) is 5.21. The smallest absolute Gasteiger partial charge is 0.141 e. The molecule has 2 aromatic heterocycles. The molecule has 1 N–H and O–H groups in total. The standard InChI is InChI=1S/C22H27N3O/c1-5-7-15(8-6-2)18-11-17(20-13(3)25-26-14(20)4)12-19-21(18)24-22(23-19)16-9-10-16/h7,11-12,16H,5-6,8-10H2,1-4H3,(H,23,24). The van der Waals surface area contributed by atoms with Crippen molar-refractivity contribution in [2.24, 2.45) is 0 Å². The molecule has 4 rings (SSSR count). The van der Waals surface area contributed by atoms with E-state index in [1.165, 1.54) is 24.0 Å². The molecule has 1 fully saturated rings. The van der Waals surface area contributed by atoms with Crippen molar-refractivity contribution in [1.29, 1.82) is 0 Å². The van der Waals surface area contributed by atoms with Crippen LogP contribution in [0.25, 0.3) is 27.7 Å². The summed E-state index contributed by atoms with van der Waals surface area (Å²) in [5.41, 5.74) is 8.07. The van der Waals surface area contributed by atoms with E-state index in [1.54, 1.807) is 0 Å². The van der Waals surface area contributed by atoms with Gasteiger partial charge in [0, 0.05) is 17.0 Å². The summed E-state index contributed by atoms with van der Waals surface area (Å²) >= 11 is 0. The molecule has 1 aliphatic rings. The maximum atomic E-state index is 5.42. The molecule has 136 valence electrons. The summed E-state index contributed by atoms with van der Waals surface area (Å²) in [7, 11) is 0. The molecule has 26 heavy (non-hydrogen) atoms. The molecule has 4 heteroatoms. The number of hydrogen-bond acceptors (Lipinski definition) is 3. The molecule has 0 bridgehead atoms. The van der Waals surface area contributed by atoms with Crippen LogP contribution in [0.5, 0.6) is 0 Å². The Labute approximate surface area is 154 Å². The number of nitrogens with zero attached hydrogens (tertiary/aromatic N) is 2. The number of aryl methyl sites for hydroxylation is 2. The summed E-state index contributed by atoms with van der Waals surface area (Å²) in [6, 6.07) is 4.49. The van der Waals surface area contributed by atoms with Crippen LogP contribution in [0, 0.1) is 13.8 Å². The minimum absolute atomic E-state index is 0.613.